The molecule has 0 unspecified atom stereocenters. The van der Waals surface area contributed by atoms with Gasteiger partial charge in [0, 0.05) is 15.7 Å². The second-order valence-electron chi connectivity index (χ2n) is 5.19. The molecule has 0 atom stereocenters. The molecule has 76 valence electrons. The highest BCUT2D eigenvalue weighted by atomic mass is 32.1. The summed E-state index contributed by atoms with van der Waals surface area (Å²) in [5.41, 5.74) is 1.54. The van der Waals surface area contributed by atoms with Gasteiger partial charge >= 0.3 is 0 Å². The lowest BCUT2D eigenvalue weighted by molar-refractivity contribution is 0.560. The summed E-state index contributed by atoms with van der Waals surface area (Å²) in [6, 6.07) is 0. The van der Waals surface area contributed by atoms with Crippen LogP contribution in [-0.2, 0) is 10.8 Å². The van der Waals surface area contributed by atoms with E-state index in [1.165, 1.54) is 15.6 Å². The van der Waals surface area contributed by atoms with Crippen LogP contribution in [0.2, 0.25) is 0 Å². The fraction of sp³-hybridized carbons (Fsp3) is 0.583. The molecule has 1 heterocycles. The number of hydrogen-bond donors (Lipinski definition) is 0. The zero-order chi connectivity index (χ0) is 10.6. The number of hydrogen-bond acceptors (Lipinski definition) is 2. The van der Waals surface area contributed by atoms with Gasteiger partial charge in [-0.2, -0.15) is 0 Å². The van der Waals surface area contributed by atoms with E-state index in [1.54, 1.807) is 0 Å². The van der Waals surface area contributed by atoms with E-state index in [4.69, 9.17) is 0 Å². The molecule has 14 heavy (non-hydrogen) atoms. The molecule has 1 nitrogen and oxygen atoms in total. The highest BCUT2D eigenvalue weighted by Gasteiger charge is 2.35. The van der Waals surface area contributed by atoms with Gasteiger partial charge in [-0.05, 0) is 6.92 Å². The fourth-order valence-electron chi connectivity index (χ4n) is 1.87. The van der Waals surface area contributed by atoms with E-state index in [2.05, 4.69) is 51.8 Å². The van der Waals surface area contributed by atoms with Gasteiger partial charge in [0.2, 0.25) is 0 Å². The van der Waals surface area contributed by atoms with Gasteiger partial charge in [-0.25, -0.2) is 4.98 Å². The number of nitrogens with zero attached hydrogens (tertiary/aromatic N) is 1. The van der Waals surface area contributed by atoms with Gasteiger partial charge in [0.1, 0.15) is 0 Å². The first-order valence-electron chi connectivity index (χ1n) is 5.02. The first-order valence-corrected chi connectivity index (χ1v) is 5.83. The molecule has 0 amide bonds. The Morgan fingerprint density at radius 2 is 1.64 bits per heavy atom. The normalized spacial score (nSPS) is 22.1. The highest BCUT2D eigenvalue weighted by molar-refractivity contribution is 7.11. The molecule has 1 aliphatic rings. The van der Waals surface area contributed by atoms with Crippen molar-refractivity contribution in [3.05, 3.63) is 27.7 Å². The van der Waals surface area contributed by atoms with Crippen molar-refractivity contribution in [2.24, 2.45) is 0 Å². The van der Waals surface area contributed by atoms with Gasteiger partial charge in [-0.3, -0.25) is 0 Å². The lowest BCUT2D eigenvalue weighted by Crippen LogP contribution is -2.27. The van der Waals surface area contributed by atoms with Crippen LogP contribution in [0.3, 0.4) is 0 Å². The second-order valence-corrected chi connectivity index (χ2v) is 6.39. The van der Waals surface area contributed by atoms with Crippen LogP contribution in [0.25, 0.3) is 0 Å². The summed E-state index contributed by atoms with van der Waals surface area (Å²) < 4.78 is 0. The summed E-state index contributed by atoms with van der Waals surface area (Å²) in [6.07, 6.45) is 4.60. The first-order chi connectivity index (χ1) is 6.33. The van der Waals surface area contributed by atoms with Crippen LogP contribution in [-0.4, -0.2) is 4.98 Å². The lowest BCUT2D eigenvalue weighted by Gasteiger charge is -2.32. The molecule has 1 aromatic heterocycles. The Labute approximate surface area is 89.9 Å². The number of thiazole rings is 1. The predicted molar refractivity (Wildman–Crippen MR) is 62.0 cm³/mol. The SMILES string of the molecule is Cc1nc2c(s1)C(C)(C)C=CC2(C)C. The Kier molecular flexibility index (Phi) is 1.91. The minimum atomic E-state index is 0.107. The fourth-order valence-corrected chi connectivity index (χ4v) is 3.04. The standard InChI is InChI=1S/C12H17NS/c1-8-13-9-10(14-8)12(4,5)7-6-11(9,2)3/h6-7H,1-5H3. The van der Waals surface area contributed by atoms with Crippen molar-refractivity contribution in [3.63, 3.8) is 0 Å². The lowest BCUT2D eigenvalue weighted by atomic mass is 9.75. The predicted octanol–water partition coefficient (Wildman–Crippen LogP) is 3.58. The molecule has 0 saturated heterocycles. The third-order valence-corrected chi connectivity index (χ3v) is 4.16. The summed E-state index contributed by atoms with van der Waals surface area (Å²) in [5, 5.41) is 1.18. The minimum Gasteiger partial charge on any atom is -0.245 e. The van der Waals surface area contributed by atoms with Gasteiger partial charge in [-0.1, -0.05) is 39.8 Å². The molecule has 1 aliphatic carbocycles. The minimum absolute atomic E-state index is 0.107. The van der Waals surface area contributed by atoms with Gasteiger partial charge in [0.15, 0.2) is 0 Å². The molecule has 2 rings (SSSR count). The summed E-state index contributed by atoms with van der Waals surface area (Å²) in [4.78, 5) is 6.10. The van der Waals surface area contributed by atoms with Crippen LogP contribution in [0.15, 0.2) is 12.2 Å². The maximum atomic E-state index is 4.67. The van der Waals surface area contributed by atoms with E-state index in [9.17, 15) is 0 Å². The molecule has 0 saturated carbocycles. The van der Waals surface area contributed by atoms with Crippen LogP contribution < -0.4 is 0 Å². The van der Waals surface area contributed by atoms with Crippen LogP contribution in [0.4, 0.5) is 0 Å². The Hall–Kier alpha value is -0.630. The smallest absolute Gasteiger partial charge is 0.0900 e. The molecular weight excluding hydrogens is 190 g/mol. The monoisotopic (exact) mass is 207 g/mol. The van der Waals surface area contributed by atoms with E-state index in [0.29, 0.717) is 0 Å². The van der Waals surface area contributed by atoms with Crippen molar-refractivity contribution >= 4 is 11.3 Å². The molecular formula is C12H17NS. The summed E-state index contributed by atoms with van der Waals surface area (Å²) in [6.45, 7) is 11.1. The third-order valence-electron chi connectivity index (χ3n) is 2.85. The van der Waals surface area contributed by atoms with Crippen molar-refractivity contribution < 1.29 is 0 Å². The zero-order valence-corrected chi connectivity index (χ0v) is 10.3. The molecule has 0 bridgehead atoms. The Morgan fingerprint density at radius 1 is 1.07 bits per heavy atom. The van der Waals surface area contributed by atoms with E-state index in [0.717, 1.165) is 0 Å². The first kappa shape index (κ1) is 9.91. The van der Waals surface area contributed by atoms with Crippen molar-refractivity contribution in [1.82, 2.24) is 4.98 Å². The summed E-state index contributed by atoms with van der Waals surface area (Å²) in [5.74, 6) is 0. The molecule has 0 aliphatic heterocycles. The zero-order valence-electron chi connectivity index (χ0n) is 9.51. The number of rotatable bonds is 0. The van der Waals surface area contributed by atoms with Gasteiger partial charge < -0.3 is 0 Å². The van der Waals surface area contributed by atoms with E-state index in [-0.39, 0.29) is 10.8 Å². The molecule has 0 spiro atoms. The van der Waals surface area contributed by atoms with E-state index in [1.807, 2.05) is 11.3 Å². The van der Waals surface area contributed by atoms with Gasteiger partial charge in [0.05, 0.1) is 10.7 Å². The molecule has 1 aromatic rings. The van der Waals surface area contributed by atoms with Crippen molar-refractivity contribution in [1.29, 1.82) is 0 Å². The largest absolute Gasteiger partial charge is 0.245 e. The number of fused-ring (bicyclic) bond motifs is 1. The summed E-state index contributed by atoms with van der Waals surface area (Å²) >= 11 is 1.84. The van der Waals surface area contributed by atoms with Crippen LogP contribution >= 0.6 is 11.3 Å². The van der Waals surface area contributed by atoms with Gasteiger partial charge in [0.25, 0.3) is 0 Å². The molecule has 2 heteroatoms. The maximum absolute atomic E-state index is 4.67. The number of aryl methyl sites for hydroxylation is 1. The van der Waals surface area contributed by atoms with Crippen molar-refractivity contribution in [3.8, 4) is 0 Å². The number of aromatic nitrogens is 1. The highest BCUT2D eigenvalue weighted by Crippen LogP contribution is 2.43. The number of allylic oxidation sites excluding steroid dienone is 2. The average molecular weight is 207 g/mol. The second kappa shape index (κ2) is 2.69. The van der Waals surface area contributed by atoms with Crippen LogP contribution in [0.1, 0.15) is 43.3 Å². The van der Waals surface area contributed by atoms with E-state index < -0.39 is 0 Å². The van der Waals surface area contributed by atoms with Crippen molar-refractivity contribution in [2.75, 3.05) is 0 Å². The quantitative estimate of drug-likeness (QED) is 0.593. The average Bonchev–Trinajstić information content (AvgIpc) is 2.44. The summed E-state index contributed by atoms with van der Waals surface area (Å²) in [7, 11) is 0. The molecule has 0 aromatic carbocycles. The van der Waals surface area contributed by atoms with Crippen LogP contribution in [0, 0.1) is 6.92 Å². The van der Waals surface area contributed by atoms with Gasteiger partial charge in [-0.15, -0.1) is 11.3 Å². The topological polar surface area (TPSA) is 12.9 Å². The van der Waals surface area contributed by atoms with Crippen molar-refractivity contribution in [2.45, 2.75) is 45.4 Å². The molecule has 0 radical (unpaired) electrons. The van der Waals surface area contributed by atoms with Crippen LogP contribution in [0.5, 0.6) is 0 Å². The molecule has 0 fully saturated rings. The Bertz CT molecular complexity index is 361. The Balaban J connectivity index is 2.67. The third kappa shape index (κ3) is 1.33. The Morgan fingerprint density at radius 3 is 2.21 bits per heavy atom. The molecule has 0 N–H and O–H groups in total. The maximum Gasteiger partial charge on any atom is 0.0900 e. The van der Waals surface area contributed by atoms with E-state index >= 15 is 0 Å².